The van der Waals surface area contributed by atoms with Crippen molar-refractivity contribution in [3.05, 3.63) is 107 Å². The molecule has 4 atom stereocenters. The Morgan fingerprint density at radius 3 is 2.14 bits per heavy atom. The molecule has 4 aromatic rings. The van der Waals surface area contributed by atoms with Crippen LogP contribution in [-0.4, -0.2) is 96.0 Å². The first-order chi connectivity index (χ1) is 28.2. The molecule has 8 N–H and O–H groups in total. The molecule has 0 radical (unpaired) electrons. The largest absolute Gasteiger partial charge is 0.507 e. The number of ketones is 1. The lowest BCUT2D eigenvalue weighted by atomic mass is 9.93. The van der Waals surface area contributed by atoms with Crippen molar-refractivity contribution in [1.29, 1.82) is 0 Å². The molecule has 0 aromatic heterocycles. The zero-order chi connectivity index (χ0) is 42.8. The minimum Gasteiger partial charge on any atom is -0.507 e. The first kappa shape index (κ1) is 43.8. The van der Waals surface area contributed by atoms with Crippen LogP contribution in [0.25, 0.3) is 22.3 Å². The molecule has 4 bridgehead atoms. The van der Waals surface area contributed by atoms with Gasteiger partial charge in [-0.3, -0.25) is 28.8 Å². The molecule has 1 heterocycles. The number of unbranched alkanes of at least 4 members (excludes halogenated alkanes) is 1. The van der Waals surface area contributed by atoms with Crippen molar-refractivity contribution >= 4 is 46.9 Å². The van der Waals surface area contributed by atoms with Gasteiger partial charge >= 0.3 is 0 Å². The van der Waals surface area contributed by atoms with Crippen molar-refractivity contribution in [2.75, 3.05) is 27.2 Å². The number of rotatable bonds is 13. The number of carbonyl (C=O) groups excluding carboxylic acids is 6. The van der Waals surface area contributed by atoms with Crippen molar-refractivity contribution in [1.82, 2.24) is 26.2 Å². The molecule has 0 fully saturated rings. The van der Waals surface area contributed by atoms with Gasteiger partial charge in [0.05, 0.1) is 6.54 Å². The summed E-state index contributed by atoms with van der Waals surface area (Å²) >= 11 is 6.03. The third-order valence-corrected chi connectivity index (χ3v) is 10.1. The molecule has 0 unspecified atom stereocenters. The molecular formula is C43H47ClN6O9. The Hall–Kier alpha value is -6.29. The smallest absolute Gasteiger partial charge is 0.270 e. The van der Waals surface area contributed by atoms with Crippen molar-refractivity contribution in [2.24, 2.45) is 5.73 Å². The second-order valence-corrected chi connectivity index (χ2v) is 14.6. The zero-order valence-electron chi connectivity index (χ0n) is 32.8. The average Bonchev–Trinajstić information content (AvgIpc) is 3.22. The topological polar surface area (TPSA) is 229 Å². The van der Waals surface area contributed by atoms with E-state index in [0.29, 0.717) is 30.0 Å². The highest BCUT2D eigenvalue weighted by Crippen LogP contribution is 2.39. The van der Waals surface area contributed by atoms with E-state index < -0.39 is 53.9 Å². The highest BCUT2D eigenvalue weighted by atomic mass is 35.5. The van der Waals surface area contributed by atoms with E-state index in [2.05, 4.69) is 21.3 Å². The summed E-state index contributed by atoms with van der Waals surface area (Å²) in [4.78, 5) is 82.2. The van der Waals surface area contributed by atoms with Crippen LogP contribution in [0.15, 0.2) is 84.9 Å². The number of Topliss-reactive ketones (excluding diaryl/α,β-unsaturated/α-hetero) is 1. The van der Waals surface area contributed by atoms with Crippen molar-refractivity contribution in [2.45, 2.75) is 57.0 Å². The van der Waals surface area contributed by atoms with Gasteiger partial charge in [0.25, 0.3) is 11.8 Å². The number of phenols is 2. The predicted octanol–water partition coefficient (Wildman–Crippen LogP) is 3.35. The van der Waals surface area contributed by atoms with Crippen LogP contribution in [0.5, 0.6) is 11.5 Å². The van der Waals surface area contributed by atoms with E-state index in [1.807, 2.05) is 12.1 Å². The molecular weight excluding hydrogens is 780 g/mol. The minimum atomic E-state index is -1.66. The number of aromatic hydroxyl groups is 2. The molecule has 15 nitrogen and oxygen atoms in total. The maximum absolute atomic E-state index is 14.5. The highest BCUT2D eigenvalue weighted by Gasteiger charge is 2.37. The normalized spacial score (nSPS) is 17.1. The van der Waals surface area contributed by atoms with Crippen LogP contribution in [-0.2, 0) is 35.1 Å². The SMILES string of the molecule is CO[C@@H]1NC(=O)[C@@H](N(C)C(=O)[C@H](CCCCN)NC(=O)c2ccc(-c3ccc(Cl)cc3)cc2)c2ccc(O)c(c2)-c2cc(ccc2O)C[C@@H](C(=O)NCC(C)=O)NC1=O. The summed E-state index contributed by atoms with van der Waals surface area (Å²) in [6.07, 6.45) is -0.606. The number of fused-ring (bicyclic) bond motifs is 5. The van der Waals surface area contributed by atoms with Gasteiger partial charge in [0.2, 0.25) is 23.9 Å². The molecule has 59 heavy (non-hydrogen) atoms. The molecule has 16 heteroatoms. The van der Waals surface area contributed by atoms with Crippen molar-refractivity contribution in [3.63, 3.8) is 0 Å². The summed E-state index contributed by atoms with van der Waals surface area (Å²) < 4.78 is 5.36. The van der Waals surface area contributed by atoms with Crippen LogP contribution in [0.2, 0.25) is 5.02 Å². The lowest BCUT2D eigenvalue weighted by molar-refractivity contribution is -0.146. The summed E-state index contributed by atoms with van der Waals surface area (Å²) in [5.41, 5.74) is 8.64. The number of likely N-dealkylation sites (N-methyl/N-ethyl adjacent to an activating group) is 1. The predicted molar refractivity (Wildman–Crippen MR) is 220 cm³/mol. The van der Waals surface area contributed by atoms with E-state index in [4.69, 9.17) is 22.1 Å². The number of hydrogen-bond acceptors (Lipinski definition) is 10. The van der Waals surface area contributed by atoms with Gasteiger partial charge in [0.1, 0.15) is 35.4 Å². The maximum Gasteiger partial charge on any atom is 0.270 e. The van der Waals surface area contributed by atoms with Gasteiger partial charge in [0.15, 0.2) is 0 Å². The fourth-order valence-electron chi connectivity index (χ4n) is 6.70. The van der Waals surface area contributed by atoms with E-state index in [9.17, 15) is 39.0 Å². The van der Waals surface area contributed by atoms with Gasteiger partial charge in [-0.15, -0.1) is 0 Å². The maximum atomic E-state index is 14.5. The van der Waals surface area contributed by atoms with E-state index in [1.54, 1.807) is 36.4 Å². The number of nitrogens with one attached hydrogen (secondary N) is 4. The molecule has 5 amide bonds. The molecule has 4 aromatic carbocycles. The lowest BCUT2D eigenvalue weighted by Gasteiger charge is -2.32. The summed E-state index contributed by atoms with van der Waals surface area (Å²) in [5, 5.41) is 33.0. The number of hydrogen-bond donors (Lipinski definition) is 7. The van der Waals surface area contributed by atoms with Gasteiger partial charge in [-0.1, -0.05) is 48.0 Å². The highest BCUT2D eigenvalue weighted by molar-refractivity contribution is 6.30. The number of methoxy groups -OCH3 is 1. The average molecular weight is 827 g/mol. The molecule has 0 aliphatic carbocycles. The summed E-state index contributed by atoms with van der Waals surface area (Å²) in [5.74, 6) is -4.55. The standard InChI is InChI=1S/C43H47ClN6O9/c1-24(51)23-46-39(55)34-21-25-7-17-35(52)31(20-25)32-22-29(14-18-36(32)53)37(40(56)49-42(59-3)41(57)48-34)50(2)43(58)33(6-4-5-19-45)47-38(54)28-10-8-26(9-11-28)27-12-15-30(44)16-13-27/h7-18,20,22,33-34,37,42,52-53H,4-6,19,21,23,45H2,1-3H3,(H,46,55)(H,47,54)(H,48,57)(H,49,56)/t33-,34-,37-,42-/m0/s1. The first-order valence-electron chi connectivity index (χ1n) is 18.9. The van der Waals surface area contributed by atoms with E-state index >= 15 is 0 Å². The lowest BCUT2D eigenvalue weighted by Crippen LogP contribution is -2.57. The van der Waals surface area contributed by atoms with Crippen LogP contribution in [0.1, 0.15) is 53.7 Å². The number of phenolic OH excluding ortho intramolecular Hbond substituents is 2. The molecule has 1 aliphatic rings. The molecule has 0 spiro atoms. The Kier molecular flexibility index (Phi) is 14.8. The number of halogens is 1. The number of nitrogens with two attached hydrogens (primary N) is 1. The molecule has 0 saturated heterocycles. The number of ether oxygens (including phenoxy) is 1. The van der Waals surface area contributed by atoms with Crippen LogP contribution in [0, 0.1) is 0 Å². The van der Waals surface area contributed by atoms with Crippen molar-refractivity contribution < 1.29 is 43.7 Å². The number of carbonyl (C=O) groups is 6. The van der Waals surface area contributed by atoms with E-state index in [0.717, 1.165) is 23.1 Å². The Morgan fingerprint density at radius 2 is 1.51 bits per heavy atom. The second kappa shape index (κ2) is 19.9. The van der Waals surface area contributed by atoms with Crippen LogP contribution in [0.3, 0.4) is 0 Å². The summed E-state index contributed by atoms with van der Waals surface area (Å²) in [7, 11) is 2.53. The van der Waals surface area contributed by atoms with Crippen LogP contribution < -0.4 is 27.0 Å². The molecule has 1 aliphatic heterocycles. The Morgan fingerprint density at radius 1 is 0.881 bits per heavy atom. The third-order valence-electron chi connectivity index (χ3n) is 9.88. The number of amides is 5. The molecule has 5 rings (SSSR count). The van der Waals surface area contributed by atoms with Gasteiger partial charge in [-0.2, -0.15) is 0 Å². The zero-order valence-corrected chi connectivity index (χ0v) is 33.5. The fourth-order valence-corrected chi connectivity index (χ4v) is 6.83. The van der Waals surface area contributed by atoms with Gasteiger partial charge in [-0.25, -0.2) is 0 Å². The van der Waals surface area contributed by atoms with Gasteiger partial charge < -0.3 is 46.9 Å². The third kappa shape index (κ3) is 11.0. The summed E-state index contributed by atoms with van der Waals surface area (Å²) in [6, 6.07) is 18.7. The van der Waals surface area contributed by atoms with Gasteiger partial charge in [-0.05, 0) is 104 Å². The van der Waals surface area contributed by atoms with E-state index in [-0.39, 0.29) is 58.9 Å². The van der Waals surface area contributed by atoms with Gasteiger partial charge in [0, 0.05) is 42.3 Å². The monoisotopic (exact) mass is 826 g/mol. The van der Waals surface area contributed by atoms with Crippen LogP contribution >= 0.6 is 11.6 Å². The number of benzene rings is 4. The Balaban J connectivity index is 1.51. The van der Waals surface area contributed by atoms with Crippen LogP contribution in [0.4, 0.5) is 0 Å². The van der Waals surface area contributed by atoms with E-state index in [1.165, 1.54) is 50.4 Å². The second-order valence-electron chi connectivity index (χ2n) is 14.2. The Bertz CT molecular complexity index is 2200. The van der Waals surface area contributed by atoms with Crippen molar-refractivity contribution in [3.8, 4) is 33.8 Å². The Labute approximate surface area is 346 Å². The first-order valence-corrected chi connectivity index (χ1v) is 19.3. The number of nitrogens with zero attached hydrogens (tertiary/aromatic N) is 1. The molecule has 310 valence electrons. The minimum absolute atomic E-state index is 0.0947. The summed E-state index contributed by atoms with van der Waals surface area (Å²) in [6.45, 7) is 1.32. The molecule has 0 saturated carbocycles. The fraction of sp³-hybridized carbons (Fsp3) is 0.302. The quantitative estimate of drug-likeness (QED) is 0.0973.